The largest absolute Gasteiger partial charge is 0.314 e. The van der Waals surface area contributed by atoms with E-state index in [1.54, 1.807) is 0 Å². The molecule has 0 spiro atoms. The molecule has 0 bridgehead atoms. The molecule has 1 aromatic rings. The van der Waals surface area contributed by atoms with E-state index < -0.39 is 23.5 Å². The van der Waals surface area contributed by atoms with E-state index in [4.69, 9.17) is 0 Å². The van der Waals surface area contributed by atoms with Crippen LogP contribution in [0, 0.1) is 17.5 Å². The van der Waals surface area contributed by atoms with Crippen molar-refractivity contribution in [3.63, 3.8) is 0 Å². The van der Waals surface area contributed by atoms with Crippen molar-refractivity contribution in [3.05, 3.63) is 47.3 Å². The molecule has 7 heteroatoms. The fraction of sp³-hybridized carbons (Fsp3) is 0.467. The van der Waals surface area contributed by atoms with Crippen LogP contribution in [0.3, 0.4) is 0 Å². The first kappa shape index (κ1) is 21.2. The van der Waals surface area contributed by atoms with Gasteiger partial charge in [0.2, 0.25) is 0 Å². The predicted octanol–water partition coefficient (Wildman–Crippen LogP) is 3.86. The van der Waals surface area contributed by atoms with Crippen molar-refractivity contribution in [2.75, 3.05) is 26.2 Å². The maximum atomic E-state index is 14.0. The van der Waals surface area contributed by atoms with Crippen LogP contribution < -0.4 is 5.32 Å². The number of benzene rings is 1. The lowest BCUT2D eigenvalue weighted by molar-refractivity contribution is 0.165. The number of hydrogen-bond acceptors (Lipinski definition) is 2. The molecule has 0 amide bonds. The molecular formula is C15H21Cl2F3N2. The van der Waals surface area contributed by atoms with Crippen LogP contribution in [0.4, 0.5) is 13.2 Å². The zero-order valence-electron chi connectivity index (χ0n) is 12.4. The average Bonchev–Trinajstić information content (AvgIpc) is 2.37. The van der Waals surface area contributed by atoms with E-state index in [2.05, 4.69) is 11.9 Å². The predicted molar refractivity (Wildman–Crippen MR) is 87.4 cm³/mol. The zero-order valence-corrected chi connectivity index (χ0v) is 14.0. The quantitative estimate of drug-likeness (QED) is 0.824. The third-order valence-electron chi connectivity index (χ3n) is 3.51. The summed E-state index contributed by atoms with van der Waals surface area (Å²) in [6, 6.07) is 1.05. The topological polar surface area (TPSA) is 15.3 Å². The Bertz CT molecular complexity index is 483. The van der Waals surface area contributed by atoms with Crippen molar-refractivity contribution in [1.82, 2.24) is 10.2 Å². The summed E-state index contributed by atoms with van der Waals surface area (Å²) in [6.45, 7) is 8.61. The lowest BCUT2D eigenvalue weighted by Gasteiger charge is -2.35. The van der Waals surface area contributed by atoms with Crippen molar-refractivity contribution < 1.29 is 13.2 Å². The number of halogens is 5. The van der Waals surface area contributed by atoms with E-state index in [0.717, 1.165) is 30.8 Å². The molecule has 1 saturated heterocycles. The Morgan fingerprint density at radius 1 is 1.18 bits per heavy atom. The molecule has 1 heterocycles. The second-order valence-electron chi connectivity index (χ2n) is 5.25. The molecule has 1 aromatic carbocycles. The van der Waals surface area contributed by atoms with Crippen molar-refractivity contribution in [2.24, 2.45) is 0 Å². The van der Waals surface area contributed by atoms with Crippen LogP contribution in [0.1, 0.15) is 24.9 Å². The Hall–Kier alpha value is -0.750. The van der Waals surface area contributed by atoms with E-state index in [0.29, 0.717) is 19.5 Å². The van der Waals surface area contributed by atoms with Gasteiger partial charge in [0.05, 0.1) is 0 Å². The molecule has 0 radical (unpaired) electrons. The highest BCUT2D eigenvalue weighted by atomic mass is 35.5. The second kappa shape index (κ2) is 9.40. The number of nitrogens with zero attached hydrogens (tertiary/aromatic N) is 1. The summed E-state index contributed by atoms with van der Waals surface area (Å²) in [5.74, 6) is -2.54. The van der Waals surface area contributed by atoms with Crippen molar-refractivity contribution >= 4 is 24.8 Å². The Labute approximate surface area is 141 Å². The molecule has 1 atom stereocenters. The van der Waals surface area contributed by atoms with Crippen LogP contribution in [0.15, 0.2) is 24.3 Å². The van der Waals surface area contributed by atoms with Gasteiger partial charge in [0.15, 0.2) is 0 Å². The molecule has 0 aromatic heterocycles. The van der Waals surface area contributed by atoms with Crippen LogP contribution >= 0.6 is 24.8 Å². The van der Waals surface area contributed by atoms with E-state index in [1.807, 2.05) is 11.8 Å². The maximum Gasteiger partial charge on any atom is 0.133 e. The van der Waals surface area contributed by atoms with E-state index in [-0.39, 0.29) is 30.4 Å². The molecule has 2 nitrogen and oxygen atoms in total. The smallest absolute Gasteiger partial charge is 0.133 e. The summed E-state index contributed by atoms with van der Waals surface area (Å²) in [6.07, 6.45) is 0.458. The minimum Gasteiger partial charge on any atom is -0.314 e. The molecule has 0 saturated carbocycles. The Morgan fingerprint density at radius 2 is 1.68 bits per heavy atom. The van der Waals surface area contributed by atoms with Crippen LogP contribution in [-0.2, 0) is 0 Å². The number of nitrogens with one attached hydrogen (secondary N) is 1. The monoisotopic (exact) mass is 356 g/mol. The van der Waals surface area contributed by atoms with Crippen LogP contribution in [0.5, 0.6) is 0 Å². The van der Waals surface area contributed by atoms with Crippen molar-refractivity contribution in [3.8, 4) is 0 Å². The van der Waals surface area contributed by atoms with Gasteiger partial charge < -0.3 is 5.32 Å². The lowest BCUT2D eigenvalue weighted by atomic mass is 9.96. The third kappa shape index (κ3) is 5.16. The second-order valence-corrected chi connectivity index (χ2v) is 5.25. The van der Waals surface area contributed by atoms with Gasteiger partial charge in [-0.1, -0.05) is 5.57 Å². The highest BCUT2D eigenvalue weighted by Gasteiger charge is 2.28. The van der Waals surface area contributed by atoms with Gasteiger partial charge in [-0.25, -0.2) is 13.2 Å². The first-order valence-corrected chi connectivity index (χ1v) is 6.72. The van der Waals surface area contributed by atoms with Gasteiger partial charge in [-0.2, -0.15) is 0 Å². The van der Waals surface area contributed by atoms with Gasteiger partial charge in [0.25, 0.3) is 0 Å². The van der Waals surface area contributed by atoms with E-state index in [1.165, 1.54) is 0 Å². The Balaban J connectivity index is 0.00000220. The van der Waals surface area contributed by atoms with Gasteiger partial charge >= 0.3 is 0 Å². The Morgan fingerprint density at radius 3 is 2.14 bits per heavy atom. The van der Waals surface area contributed by atoms with Crippen LogP contribution in [0.25, 0.3) is 0 Å². The molecule has 0 unspecified atom stereocenters. The number of piperazine rings is 1. The molecule has 0 aliphatic carbocycles. The highest BCUT2D eigenvalue weighted by molar-refractivity contribution is 5.85. The minimum atomic E-state index is -0.891. The first-order chi connectivity index (χ1) is 9.49. The van der Waals surface area contributed by atoms with E-state index in [9.17, 15) is 13.2 Å². The summed E-state index contributed by atoms with van der Waals surface area (Å²) < 4.78 is 41.1. The van der Waals surface area contributed by atoms with Gasteiger partial charge in [0, 0.05) is 49.9 Å². The molecule has 1 N–H and O–H groups in total. The summed E-state index contributed by atoms with van der Waals surface area (Å²) in [7, 11) is 0. The van der Waals surface area contributed by atoms with Gasteiger partial charge in [-0.15, -0.1) is 31.4 Å². The fourth-order valence-corrected chi connectivity index (χ4v) is 2.61. The fourth-order valence-electron chi connectivity index (χ4n) is 2.61. The normalized spacial score (nSPS) is 16.4. The zero-order chi connectivity index (χ0) is 14.7. The highest BCUT2D eigenvalue weighted by Crippen LogP contribution is 2.31. The first-order valence-electron chi connectivity index (χ1n) is 6.72. The molecule has 1 aliphatic heterocycles. The van der Waals surface area contributed by atoms with Crippen LogP contribution in [-0.4, -0.2) is 31.1 Å². The molecular weight excluding hydrogens is 336 g/mol. The van der Waals surface area contributed by atoms with Gasteiger partial charge in [0.1, 0.15) is 17.5 Å². The van der Waals surface area contributed by atoms with E-state index >= 15 is 0 Å². The average molecular weight is 357 g/mol. The summed E-state index contributed by atoms with van der Waals surface area (Å²) in [5.41, 5.74) is 0.785. The van der Waals surface area contributed by atoms with Crippen molar-refractivity contribution in [2.45, 2.75) is 19.4 Å². The number of hydrogen-bond donors (Lipinski definition) is 1. The molecule has 1 aliphatic rings. The Kier molecular flexibility index (Phi) is 9.08. The minimum absolute atomic E-state index is 0. The van der Waals surface area contributed by atoms with Crippen molar-refractivity contribution in [1.29, 1.82) is 0 Å². The van der Waals surface area contributed by atoms with Gasteiger partial charge in [-0.3, -0.25) is 4.90 Å². The standard InChI is InChI=1S/C15H19F3N2.2ClH/c1-10(2)7-14(20-5-3-19-4-6-20)15-12(17)8-11(16)9-13(15)18;;/h8-9,14,19H,1,3-7H2,2H3;2*1H/t14-;;/m0../s1. The van der Waals surface area contributed by atoms with Gasteiger partial charge in [-0.05, 0) is 13.3 Å². The third-order valence-corrected chi connectivity index (χ3v) is 3.51. The SMILES string of the molecule is C=C(C)C[C@@H](c1c(F)cc(F)cc1F)N1CCNCC1.Cl.Cl. The summed E-state index contributed by atoms with van der Waals surface area (Å²) in [4.78, 5) is 2.02. The maximum absolute atomic E-state index is 14.0. The lowest BCUT2D eigenvalue weighted by Crippen LogP contribution is -2.45. The number of rotatable bonds is 4. The molecule has 1 fully saturated rings. The molecule has 2 rings (SSSR count). The summed E-state index contributed by atoms with van der Waals surface area (Å²) in [5, 5.41) is 3.20. The van der Waals surface area contributed by atoms with Crippen LogP contribution in [0.2, 0.25) is 0 Å². The summed E-state index contributed by atoms with van der Waals surface area (Å²) >= 11 is 0. The molecule has 22 heavy (non-hydrogen) atoms. The molecule has 126 valence electrons.